The van der Waals surface area contributed by atoms with E-state index in [1.165, 1.54) is 36.6 Å². The Bertz CT molecular complexity index is 1300. The van der Waals surface area contributed by atoms with Crippen molar-refractivity contribution in [3.63, 3.8) is 0 Å². The summed E-state index contributed by atoms with van der Waals surface area (Å²) >= 11 is 0. The van der Waals surface area contributed by atoms with Crippen LogP contribution in [0.2, 0.25) is 0 Å². The Morgan fingerprint density at radius 2 is 1.69 bits per heavy atom. The average Bonchev–Trinajstić information content (AvgIpc) is 3.25. The normalized spacial score (nSPS) is 12.2. The van der Waals surface area contributed by atoms with Gasteiger partial charge in [0.2, 0.25) is 5.75 Å². The number of ether oxygens (including phenoxy) is 1. The number of hydrogen-bond acceptors (Lipinski definition) is 5. The molecular formula is C24H22F3NO4. The highest BCUT2D eigenvalue weighted by Crippen LogP contribution is 2.46. The lowest BCUT2D eigenvalue weighted by atomic mass is 9.93. The van der Waals surface area contributed by atoms with Gasteiger partial charge in [-0.05, 0) is 36.9 Å². The standard InChI is InChI=1S/C24H22F3NO4/c1-3-28(4-2)12-14-31-23-21-17(11-13-30-21)20(16-9-10-19(29)32-22(16)23)15-7-5-6-8-18(15)24(25,26)27/h5-11,13H,3-4,12,14H2,1-2H3. The van der Waals surface area contributed by atoms with Gasteiger partial charge in [0.15, 0.2) is 11.2 Å². The monoisotopic (exact) mass is 445 g/mol. The summed E-state index contributed by atoms with van der Waals surface area (Å²) in [4.78, 5) is 14.2. The molecule has 0 fully saturated rings. The smallest absolute Gasteiger partial charge is 0.417 e. The van der Waals surface area contributed by atoms with Crippen molar-refractivity contribution in [3.05, 3.63) is 64.7 Å². The number of alkyl halides is 3. The molecular weight excluding hydrogens is 423 g/mol. The first-order valence-electron chi connectivity index (χ1n) is 10.3. The maximum atomic E-state index is 13.8. The zero-order valence-corrected chi connectivity index (χ0v) is 17.7. The Balaban J connectivity index is 1.96. The molecule has 4 rings (SSSR count). The largest absolute Gasteiger partial charge is 0.485 e. The predicted molar refractivity (Wildman–Crippen MR) is 116 cm³/mol. The molecule has 2 aromatic heterocycles. The zero-order chi connectivity index (χ0) is 22.9. The molecule has 2 aromatic carbocycles. The van der Waals surface area contributed by atoms with Crippen molar-refractivity contribution in [1.29, 1.82) is 0 Å². The average molecular weight is 445 g/mol. The lowest BCUT2D eigenvalue weighted by molar-refractivity contribution is -0.137. The number of hydrogen-bond donors (Lipinski definition) is 0. The molecule has 0 aliphatic heterocycles. The highest BCUT2D eigenvalue weighted by molar-refractivity contribution is 6.14. The van der Waals surface area contributed by atoms with Crippen LogP contribution in [0.25, 0.3) is 33.1 Å². The second-order valence-electron chi connectivity index (χ2n) is 7.28. The van der Waals surface area contributed by atoms with E-state index in [9.17, 15) is 18.0 Å². The molecule has 0 saturated heterocycles. The SMILES string of the molecule is CCN(CC)CCOc1c2occc2c(-c2ccccc2C(F)(F)F)c2ccc(=O)oc12. The summed E-state index contributed by atoms with van der Waals surface area (Å²) in [6.45, 7) is 6.69. The first-order chi connectivity index (χ1) is 15.3. The van der Waals surface area contributed by atoms with Gasteiger partial charge in [-0.2, -0.15) is 13.2 Å². The van der Waals surface area contributed by atoms with Crippen LogP contribution in [0, 0.1) is 0 Å². The molecule has 32 heavy (non-hydrogen) atoms. The van der Waals surface area contributed by atoms with Crippen LogP contribution in [0.4, 0.5) is 13.2 Å². The Kier molecular flexibility index (Phi) is 5.97. The van der Waals surface area contributed by atoms with Gasteiger partial charge in [0.05, 0.1) is 11.8 Å². The molecule has 0 aliphatic rings. The molecule has 0 unspecified atom stereocenters. The van der Waals surface area contributed by atoms with E-state index >= 15 is 0 Å². The number of fused-ring (bicyclic) bond motifs is 2. The molecule has 0 saturated carbocycles. The third-order valence-electron chi connectivity index (χ3n) is 5.50. The Hall–Kier alpha value is -3.26. The molecule has 4 aromatic rings. The molecule has 0 bridgehead atoms. The summed E-state index contributed by atoms with van der Waals surface area (Å²) in [5.74, 6) is 0.207. The summed E-state index contributed by atoms with van der Waals surface area (Å²) in [6, 6.07) is 9.55. The molecule has 0 atom stereocenters. The van der Waals surface area contributed by atoms with Crippen LogP contribution in [-0.2, 0) is 6.18 Å². The number of rotatable bonds is 7. The van der Waals surface area contributed by atoms with Gasteiger partial charge in [-0.1, -0.05) is 32.0 Å². The van der Waals surface area contributed by atoms with Crippen LogP contribution < -0.4 is 10.4 Å². The third kappa shape index (κ3) is 3.98. The van der Waals surface area contributed by atoms with Crippen LogP contribution in [0.1, 0.15) is 19.4 Å². The Labute approximate surface area is 182 Å². The Morgan fingerprint density at radius 1 is 0.969 bits per heavy atom. The molecule has 8 heteroatoms. The maximum absolute atomic E-state index is 13.8. The fourth-order valence-corrected chi connectivity index (χ4v) is 3.90. The lowest BCUT2D eigenvalue weighted by Crippen LogP contribution is -2.28. The predicted octanol–water partition coefficient (Wildman–Crippen LogP) is 5.95. The number of nitrogens with zero attached hydrogens (tertiary/aromatic N) is 1. The summed E-state index contributed by atoms with van der Waals surface area (Å²) < 4.78 is 58.4. The van der Waals surface area contributed by atoms with Crippen LogP contribution in [0.3, 0.4) is 0 Å². The van der Waals surface area contributed by atoms with E-state index in [1.54, 1.807) is 6.07 Å². The quantitative estimate of drug-likeness (QED) is 0.329. The van der Waals surface area contributed by atoms with E-state index in [1.807, 2.05) is 13.8 Å². The zero-order valence-electron chi connectivity index (χ0n) is 17.7. The van der Waals surface area contributed by atoms with E-state index in [4.69, 9.17) is 13.6 Å². The van der Waals surface area contributed by atoms with Gasteiger partial charge >= 0.3 is 11.8 Å². The first-order valence-corrected chi connectivity index (χ1v) is 10.3. The highest BCUT2D eigenvalue weighted by Gasteiger charge is 2.35. The van der Waals surface area contributed by atoms with Gasteiger partial charge in [0.25, 0.3) is 0 Å². The lowest BCUT2D eigenvalue weighted by Gasteiger charge is -2.19. The molecule has 0 N–H and O–H groups in total. The minimum absolute atomic E-state index is 0.0278. The maximum Gasteiger partial charge on any atom is 0.417 e. The minimum Gasteiger partial charge on any atom is -0.485 e. The van der Waals surface area contributed by atoms with E-state index in [2.05, 4.69) is 4.90 Å². The van der Waals surface area contributed by atoms with Crippen LogP contribution in [0.5, 0.6) is 5.75 Å². The van der Waals surface area contributed by atoms with Crippen molar-refractivity contribution in [1.82, 2.24) is 4.90 Å². The van der Waals surface area contributed by atoms with Crippen molar-refractivity contribution in [2.75, 3.05) is 26.2 Å². The van der Waals surface area contributed by atoms with Gasteiger partial charge in [0, 0.05) is 28.9 Å². The fraction of sp³-hybridized carbons (Fsp3) is 0.292. The van der Waals surface area contributed by atoms with E-state index in [0.717, 1.165) is 19.2 Å². The van der Waals surface area contributed by atoms with E-state index < -0.39 is 17.4 Å². The van der Waals surface area contributed by atoms with Crippen LogP contribution in [-0.4, -0.2) is 31.1 Å². The van der Waals surface area contributed by atoms with Gasteiger partial charge < -0.3 is 18.5 Å². The summed E-state index contributed by atoms with van der Waals surface area (Å²) in [5, 5.41) is 0.786. The second-order valence-corrected chi connectivity index (χ2v) is 7.28. The number of likely N-dealkylation sites (N-methyl/N-ethyl adjacent to an activating group) is 1. The van der Waals surface area contributed by atoms with Crippen molar-refractivity contribution < 1.29 is 26.7 Å². The summed E-state index contributed by atoms with van der Waals surface area (Å²) in [5.41, 5.74) is -0.876. The number of furan rings is 1. The highest BCUT2D eigenvalue weighted by atomic mass is 19.4. The van der Waals surface area contributed by atoms with E-state index in [-0.39, 0.29) is 28.0 Å². The van der Waals surface area contributed by atoms with Gasteiger partial charge in [0.1, 0.15) is 6.61 Å². The fourth-order valence-electron chi connectivity index (χ4n) is 3.90. The number of benzene rings is 2. The van der Waals surface area contributed by atoms with Crippen molar-refractivity contribution in [2.24, 2.45) is 0 Å². The molecule has 0 aliphatic carbocycles. The molecule has 0 amide bonds. The van der Waals surface area contributed by atoms with Crippen molar-refractivity contribution in [3.8, 4) is 16.9 Å². The van der Waals surface area contributed by atoms with E-state index in [0.29, 0.717) is 23.9 Å². The van der Waals surface area contributed by atoms with Crippen LogP contribution >= 0.6 is 0 Å². The molecule has 2 heterocycles. The second kappa shape index (κ2) is 8.70. The van der Waals surface area contributed by atoms with Crippen molar-refractivity contribution >= 4 is 21.9 Å². The van der Waals surface area contributed by atoms with Gasteiger partial charge in [-0.25, -0.2) is 4.79 Å². The molecule has 5 nitrogen and oxygen atoms in total. The minimum atomic E-state index is -4.56. The summed E-state index contributed by atoms with van der Waals surface area (Å²) in [7, 11) is 0. The third-order valence-corrected chi connectivity index (χ3v) is 5.50. The first kappa shape index (κ1) is 22.0. The summed E-state index contributed by atoms with van der Waals surface area (Å²) in [6.07, 6.45) is -3.17. The van der Waals surface area contributed by atoms with Gasteiger partial charge in [-0.3, -0.25) is 0 Å². The Morgan fingerprint density at radius 3 is 2.41 bits per heavy atom. The van der Waals surface area contributed by atoms with Crippen LogP contribution in [0.15, 0.2) is 62.4 Å². The number of halogens is 3. The molecule has 0 spiro atoms. The van der Waals surface area contributed by atoms with Gasteiger partial charge in [-0.15, -0.1) is 0 Å². The topological polar surface area (TPSA) is 55.8 Å². The molecule has 0 radical (unpaired) electrons. The molecule has 168 valence electrons. The van der Waals surface area contributed by atoms with Crippen molar-refractivity contribution in [2.45, 2.75) is 20.0 Å².